The Bertz CT molecular complexity index is 296. The molecule has 4 unspecified atom stereocenters. The monoisotopic (exact) mass is 277 g/mol. The number of amides is 1. The topological polar surface area (TPSA) is 127 Å². The van der Waals surface area contributed by atoms with Crippen molar-refractivity contribution in [3.8, 4) is 0 Å². The second-order valence-electron chi connectivity index (χ2n) is 4.48. The van der Waals surface area contributed by atoms with Gasteiger partial charge in [-0.3, -0.25) is 9.59 Å². The number of carbonyl (C=O) groups is 2. The second kappa shape index (κ2) is 8.98. The van der Waals surface area contributed by atoms with E-state index >= 15 is 0 Å². The summed E-state index contributed by atoms with van der Waals surface area (Å²) in [5.41, 5.74) is 0. The molecule has 7 nitrogen and oxygen atoms in total. The standard InChI is InChI=1S/C12H23NO6/c1-3-4-5-8(16)10(13-7(2)15)12(19)11(18)9(17)6-14/h9-12,14,17-19H,3-6H2,1-2H3,(H,13,15). The minimum Gasteiger partial charge on any atom is -0.394 e. The van der Waals surface area contributed by atoms with E-state index in [9.17, 15) is 24.9 Å². The average molecular weight is 277 g/mol. The molecule has 4 atom stereocenters. The lowest BCUT2D eigenvalue weighted by molar-refractivity contribution is -0.136. The molecule has 0 aliphatic rings. The molecule has 0 aromatic heterocycles. The summed E-state index contributed by atoms with van der Waals surface area (Å²) in [4.78, 5) is 22.9. The smallest absolute Gasteiger partial charge is 0.217 e. The lowest BCUT2D eigenvalue weighted by atomic mass is 9.95. The Morgan fingerprint density at radius 1 is 1.16 bits per heavy atom. The summed E-state index contributed by atoms with van der Waals surface area (Å²) in [6, 6.07) is -1.29. The zero-order valence-electron chi connectivity index (χ0n) is 11.2. The van der Waals surface area contributed by atoms with Crippen molar-refractivity contribution in [1.29, 1.82) is 0 Å². The molecule has 5 N–H and O–H groups in total. The number of ketones is 1. The summed E-state index contributed by atoms with van der Waals surface area (Å²) < 4.78 is 0. The summed E-state index contributed by atoms with van der Waals surface area (Å²) in [7, 11) is 0. The summed E-state index contributed by atoms with van der Waals surface area (Å²) in [6.07, 6.45) is -3.44. The van der Waals surface area contributed by atoms with Crippen LogP contribution < -0.4 is 5.32 Å². The molecule has 0 heterocycles. The van der Waals surface area contributed by atoms with Crippen LogP contribution in [0.3, 0.4) is 0 Å². The molecule has 0 aromatic rings. The Labute approximate surface area is 112 Å². The van der Waals surface area contributed by atoms with Gasteiger partial charge in [0.2, 0.25) is 5.91 Å². The van der Waals surface area contributed by atoms with Crippen LogP contribution in [0.25, 0.3) is 0 Å². The number of nitrogens with one attached hydrogen (secondary N) is 1. The molecule has 0 aromatic carbocycles. The molecular formula is C12H23NO6. The van der Waals surface area contributed by atoms with Gasteiger partial charge in [0.25, 0.3) is 0 Å². The first-order valence-electron chi connectivity index (χ1n) is 6.30. The van der Waals surface area contributed by atoms with Crippen molar-refractivity contribution in [2.45, 2.75) is 57.5 Å². The number of unbranched alkanes of at least 4 members (excludes halogenated alkanes) is 1. The van der Waals surface area contributed by atoms with Gasteiger partial charge in [-0.25, -0.2) is 0 Å². The van der Waals surface area contributed by atoms with E-state index in [0.717, 1.165) is 6.42 Å². The predicted octanol–water partition coefficient (Wildman–Crippen LogP) is -1.67. The fourth-order valence-corrected chi connectivity index (χ4v) is 1.61. The second-order valence-corrected chi connectivity index (χ2v) is 4.48. The number of carbonyl (C=O) groups excluding carboxylic acids is 2. The first-order chi connectivity index (χ1) is 8.84. The van der Waals surface area contributed by atoms with Gasteiger partial charge in [0.1, 0.15) is 24.4 Å². The average Bonchev–Trinajstić information content (AvgIpc) is 2.39. The molecule has 0 saturated carbocycles. The van der Waals surface area contributed by atoms with Gasteiger partial charge in [0.15, 0.2) is 5.78 Å². The minimum atomic E-state index is -1.72. The highest BCUT2D eigenvalue weighted by Crippen LogP contribution is 2.09. The number of Topliss-reactive ketones (excluding diaryl/α,β-unsaturated/α-hetero) is 1. The van der Waals surface area contributed by atoms with E-state index in [1.54, 1.807) is 0 Å². The van der Waals surface area contributed by atoms with Crippen LogP contribution >= 0.6 is 0 Å². The Hall–Kier alpha value is -1.02. The first kappa shape index (κ1) is 18.0. The molecular weight excluding hydrogens is 254 g/mol. The quantitative estimate of drug-likeness (QED) is 0.343. The van der Waals surface area contributed by atoms with Gasteiger partial charge < -0.3 is 25.7 Å². The zero-order valence-corrected chi connectivity index (χ0v) is 11.2. The van der Waals surface area contributed by atoms with E-state index in [1.807, 2.05) is 6.92 Å². The Morgan fingerprint density at radius 2 is 1.74 bits per heavy atom. The van der Waals surface area contributed by atoms with E-state index in [2.05, 4.69) is 5.32 Å². The van der Waals surface area contributed by atoms with Crippen molar-refractivity contribution >= 4 is 11.7 Å². The number of hydrogen-bond acceptors (Lipinski definition) is 6. The van der Waals surface area contributed by atoms with Gasteiger partial charge in [-0.2, -0.15) is 0 Å². The molecule has 1 amide bonds. The highest BCUT2D eigenvalue weighted by Gasteiger charge is 2.35. The molecule has 0 spiro atoms. The third-order valence-corrected chi connectivity index (χ3v) is 2.76. The molecule has 0 aliphatic carbocycles. The fraction of sp³-hybridized carbons (Fsp3) is 0.833. The number of hydrogen-bond donors (Lipinski definition) is 5. The first-order valence-corrected chi connectivity index (χ1v) is 6.30. The summed E-state index contributed by atoms with van der Waals surface area (Å²) in [6.45, 7) is 2.32. The van der Waals surface area contributed by atoms with Crippen LogP contribution in [0.15, 0.2) is 0 Å². The molecule has 0 saturated heterocycles. The minimum absolute atomic E-state index is 0.153. The van der Waals surface area contributed by atoms with Gasteiger partial charge >= 0.3 is 0 Å². The molecule has 0 radical (unpaired) electrons. The van der Waals surface area contributed by atoms with E-state index in [0.29, 0.717) is 6.42 Å². The molecule has 19 heavy (non-hydrogen) atoms. The summed E-state index contributed by atoms with van der Waals surface area (Å²) in [5.74, 6) is -0.951. The third kappa shape index (κ3) is 6.11. The Kier molecular flexibility index (Phi) is 8.49. The highest BCUT2D eigenvalue weighted by molar-refractivity contribution is 5.89. The number of rotatable bonds is 9. The lowest BCUT2D eigenvalue weighted by Gasteiger charge is -2.28. The van der Waals surface area contributed by atoms with Gasteiger partial charge in [0.05, 0.1) is 6.61 Å². The van der Waals surface area contributed by atoms with Gasteiger partial charge in [-0.1, -0.05) is 13.3 Å². The van der Waals surface area contributed by atoms with E-state index in [1.165, 1.54) is 6.92 Å². The third-order valence-electron chi connectivity index (χ3n) is 2.76. The SMILES string of the molecule is CCCCC(=O)C(NC(C)=O)C(O)C(O)C(O)CO. The van der Waals surface area contributed by atoms with Crippen molar-refractivity contribution in [1.82, 2.24) is 5.32 Å². The highest BCUT2D eigenvalue weighted by atomic mass is 16.4. The number of aliphatic hydroxyl groups is 4. The van der Waals surface area contributed by atoms with Gasteiger partial charge in [0, 0.05) is 13.3 Å². The van der Waals surface area contributed by atoms with E-state index < -0.39 is 42.7 Å². The molecule has 7 heteroatoms. The molecule has 0 rings (SSSR count). The summed E-state index contributed by atoms with van der Waals surface area (Å²) in [5, 5.41) is 39.6. The van der Waals surface area contributed by atoms with Crippen LogP contribution in [0.4, 0.5) is 0 Å². The van der Waals surface area contributed by atoms with Crippen LogP contribution in [0.5, 0.6) is 0 Å². The van der Waals surface area contributed by atoms with Crippen LogP contribution in [0.1, 0.15) is 33.1 Å². The normalized spacial score (nSPS) is 17.4. The van der Waals surface area contributed by atoms with Gasteiger partial charge in [-0.15, -0.1) is 0 Å². The van der Waals surface area contributed by atoms with Crippen molar-refractivity contribution < 1.29 is 30.0 Å². The molecule has 0 bridgehead atoms. The number of aliphatic hydroxyl groups excluding tert-OH is 4. The maximum atomic E-state index is 11.9. The predicted molar refractivity (Wildman–Crippen MR) is 67.2 cm³/mol. The van der Waals surface area contributed by atoms with Crippen LogP contribution in [-0.2, 0) is 9.59 Å². The van der Waals surface area contributed by atoms with E-state index in [4.69, 9.17) is 5.11 Å². The molecule has 0 aliphatic heterocycles. The van der Waals surface area contributed by atoms with Crippen molar-refractivity contribution in [2.75, 3.05) is 6.61 Å². The lowest BCUT2D eigenvalue weighted by Crippen LogP contribution is -2.55. The van der Waals surface area contributed by atoms with E-state index in [-0.39, 0.29) is 6.42 Å². The van der Waals surface area contributed by atoms with Crippen LogP contribution in [0, 0.1) is 0 Å². The maximum absolute atomic E-state index is 11.9. The maximum Gasteiger partial charge on any atom is 0.217 e. The molecule has 112 valence electrons. The zero-order chi connectivity index (χ0) is 15.0. The van der Waals surface area contributed by atoms with Crippen LogP contribution in [0.2, 0.25) is 0 Å². The fourth-order valence-electron chi connectivity index (χ4n) is 1.61. The van der Waals surface area contributed by atoms with Crippen molar-refractivity contribution in [3.05, 3.63) is 0 Å². The summed E-state index contributed by atoms with van der Waals surface area (Å²) >= 11 is 0. The van der Waals surface area contributed by atoms with Gasteiger partial charge in [-0.05, 0) is 6.42 Å². The van der Waals surface area contributed by atoms with Crippen molar-refractivity contribution in [3.63, 3.8) is 0 Å². The largest absolute Gasteiger partial charge is 0.394 e. The van der Waals surface area contributed by atoms with Crippen LogP contribution in [-0.4, -0.2) is 63.1 Å². The Balaban J connectivity index is 4.81. The molecule has 0 fully saturated rings. The van der Waals surface area contributed by atoms with Crippen molar-refractivity contribution in [2.24, 2.45) is 0 Å². The Morgan fingerprint density at radius 3 is 2.16 bits per heavy atom.